The highest BCUT2D eigenvalue weighted by Crippen LogP contribution is 2.23. The van der Waals surface area contributed by atoms with Crippen LogP contribution in [0.5, 0.6) is 0 Å². The van der Waals surface area contributed by atoms with E-state index in [-0.39, 0.29) is 31.0 Å². The number of aryl methyl sites for hydroxylation is 3. The van der Waals surface area contributed by atoms with Gasteiger partial charge in [-0.3, -0.25) is 14.4 Å². The SMILES string of the molecule is C=CCn1c(C)cc(C(=O)COC(=O)CCC(=O)c2ccc3c(c2)CCC3)c1C. The van der Waals surface area contributed by atoms with Crippen LogP contribution in [-0.2, 0) is 28.9 Å². The maximum Gasteiger partial charge on any atom is 0.306 e. The number of rotatable bonds is 9. The Morgan fingerprint density at radius 3 is 2.59 bits per heavy atom. The van der Waals surface area contributed by atoms with Gasteiger partial charge in [0.25, 0.3) is 0 Å². The van der Waals surface area contributed by atoms with Crippen molar-refractivity contribution in [1.29, 1.82) is 0 Å². The van der Waals surface area contributed by atoms with Crippen LogP contribution in [0.1, 0.15) is 62.5 Å². The van der Waals surface area contributed by atoms with Gasteiger partial charge in [0.2, 0.25) is 5.78 Å². The minimum atomic E-state index is -0.534. The summed E-state index contributed by atoms with van der Waals surface area (Å²) < 4.78 is 7.10. The molecule has 152 valence electrons. The number of nitrogens with zero attached hydrogens (tertiary/aromatic N) is 1. The highest BCUT2D eigenvalue weighted by atomic mass is 16.5. The number of carbonyl (C=O) groups is 3. The van der Waals surface area contributed by atoms with Crippen molar-refractivity contribution < 1.29 is 19.1 Å². The van der Waals surface area contributed by atoms with Gasteiger partial charge in [0.1, 0.15) is 0 Å². The molecule has 1 aromatic carbocycles. The third kappa shape index (κ3) is 4.73. The Labute approximate surface area is 171 Å². The maximum atomic E-state index is 12.4. The highest BCUT2D eigenvalue weighted by Gasteiger charge is 2.18. The van der Waals surface area contributed by atoms with Gasteiger partial charge in [-0.2, -0.15) is 0 Å². The van der Waals surface area contributed by atoms with Crippen molar-refractivity contribution in [3.63, 3.8) is 0 Å². The third-order valence-electron chi connectivity index (χ3n) is 5.53. The van der Waals surface area contributed by atoms with Crippen molar-refractivity contribution in [3.05, 3.63) is 70.6 Å². The van der Waals surface area contributed by atoms with Gasteiger partial charge in [-0.15, -0.1) is 6.58 Å². The molecule has 0 radical (unpaired) electrons. The van der Waals surface area contributed by atoms with Crippen molar-refractivity contribution in [2.75, 3.05) is 6.61 Å². The lowest BCUT2D eigenvalue weighted by atomic mass is 10.0. The summed E-state index contributed by atoms with van der Waals surface area (Å²) in [6.07, 6.45) is 5.03. The quantitative estimate of drug-likeness (QED) is 0.364. The van der Waals surface area contributed by atoms with Crippen molar-refractivity contribution in [1.82, 2.24) is 4.57 Å². The van der Waals surface area contributed by atoms with E-state index in [2.05, 4.69) is 6.58 Å². The number of Topliss-reactive ketones (excluding diaryl/α,β-unsaturated/α-hetero) is 2. The second kappa shape index (κ2) is 9.03. The second-order valence-electron chi connectivity index (χ2n) is 7.53. The highest BCUT2D eigenvalue weighted by molar-refractivity contribution is 6.00. The van der Waals surface area contributed by atoms with E-state index in [0.717, 1.165) is 30.7 Å². The molecule has 0 bridgehead atoms. The molecule has 0 N–H and O–H groups in total. The zero-order valence-corrected chi connectivity index (χ0v) is 17.1. The summed E-state index contributed by atoms with van der Waals surface area (Å²) in [6, 6.07) is 7.58. The van der Waals surface area contributed by atoms with Gasteiger partial charge in [-0.05, 0) is 56.4 Å². The number of hydrogen-bond donors (Lipinski definition) is 0. The van der Waals surface area contributed by atoms with Crippen LogP contribution in [-0.4, -0.2) is 28.7 Å². The van der Waals surface area contributed by atoms with E-state index in [1.54, 1.807) is 12.1 Å². The van der Waals surface area contributed by atoms with Crippen molar-refractivity contribution in [2.24, 2.45) is 0 Å². The normalized spacial score (nSPS) is 12.5. The van der Waals surface area contributed by atoms with Gasteiger partial charge >= 0.3 is 5.97 Å². The number of benzene rings is 1. The summed E-state index contributed by atoms with van der Waals surface area (Å²) in [5.74, 6) is -0.851. The van der Waals surface area contributed by atoms with Crippen LogP contribution in [0, 0.1) is 13.8 Å². The molecule has 0 fully saturated rings. The Bertz CT molecular complexity index is 968. The fourth-order valence-electron chi connectivity index (χ4n) is 3.89. The number of carbonyl (C=O) groups excluding carboxylic acids is 3. The van der Waals surface area contributed by atoms with E-state index in [4.69, 9.17) is 4.74 Å². The molecule has 5 heteroatoms. The average Bonchev–Trinajstić information content (AvgIpc) is 3.29. The fraction of sp³-hybridized carbons (Fsp3) is 0.375. The topological polar surface area (TPSA) is 65.4 Å². The van der Waals surface area contributed by atoms with Gasteiger partial charge in [0, 0.05) is 35.5 Å². The van der Waals surface area contributed by atoms with Gasteiger partial charge in [-0.25, -0.2) is 0 Å². The van der Waals surface area contributed by atoms with E-state index < -0.39 is 5.97 Å². The molecule has 0 amide bonds. The number of ketones is 2. The smallest absolute Gasteiger partial charge is 0.306 e. The molecular weight excluding hydrogens is 366 g/mol. The molecule has 1 aliphatic carbocycles. The lowest BCUT2D eigenvalue weighted by Crippen LogP contribution is -2.16. The van der Waals surface area contributed by atoms with Crippen LogP contribution in [0.3, 0.4) is 0 Å². The van der Waals surface area contributed by atoms with Gasteiger partial charge in [0.15, 0.2) is 12.4 Å². The molecule has 0 saturated heterocycles. The standard InChI is InChI=1S/C24H27NO4/c1-4-12-25-16(2)13-21(17(25)3)23(27)15-29-24(28)11-10-22(26)20-9-8-18-6-5-7-19(18)14-20/h4,8-9,13-14H,1,5-7,10-12,15H2,2-3H3. The molecule has 0 atom stereocenters. The number of aromatic nitrogens is 1. The van der Waals surface area contributed by atoms with E-state index in [1.807, 2.05) is 36.6 Å². The van der Waals surface area contributed by atoms with Crippen LogP contribution in [0.25, 0.3) is 0 Å². The minimum absolute atomic E-state index is 0.0291. The van der Waals surface area contributed by atoms with E-state index in [1.165, 1.54) is 11.1 Å². The van der Waals surface area contributed by atoms with Gasteiger partial charge in [0.05, 0.1) is 6.42 Å². The molecule has 29 heavy (non-hydrogen) atoms. The third-order valence-corrected chi connectivity index (χ3v) is 5.53. The van der Waals surface area contributed by atoms with Gasteiger partial charge in [-0.1, -0.05) is 18.2 Å². The number of allylic oxidation sites excluding steroid dienone is 1. The summed E-state index contributed by atoms with van der Waals surface area (Å²) in [5, 5.41) is 0. The Kier molecular flexibility index (Phi) is 6.47. The largest absolute Gasteiger partial charge is 0.457 e. The number of esters is 1. The molecule has 1 aromatic heterocycles. The summed E-state index contributed by atoms with van der Waals surface area (Å²) in [7, 11) is 0. The molecule has 0 saturated carbocycles. The van der Waals surface area contributed by atoms with Crippen molar-refractivity contribution in [3.8, 4) is 0 Å². The van der Waals surface area contributed by atoms with Gasteiger partial charge < -0.3 is 9.30 Å². The fourth-order valence-corrected chi connectivity index (χ4v) is 3.89. The molecule has 0 aliphatic heterocycles. The predicted molar refractivity (Wildman–Crippen MR) is 111 cm³/mol. The first-order chi connectivity index (χ1) is 13.9. The molecule has 3 rings (SSSR count). The van der Waals surface area contributed by atoms with Crippen LogP contribution in [0.4, 0.5) is 0 Å². The van der Waals surface area contributed by atoms with Crippen molar-refractivity contribution in [2.45, 2.75) is 52.5 Å². The summed E-state index contributed by atoms with van der Waals surface area (Å²) in [6.45, 7) is 7.81. The van der Waals surface area contributed by atoms with Crippen LogP contribution >= 0.6 is 0 Å². The lowest BCUT2D eigenvalue weighted by Gasteiger charge is -2.07. The van der Waals surface area contributed by atoms with Crippen LogP contribution in [0.2, 0.25) is 0 Å². The lowest BCUT2D eigenvalue weighted by molar-refractivity contribution is -0.142. The van der Waals surface area contributed by atoms with Crippen molar-refractivity contribution >= 4 is 17.5 Å². The first-order valence-corrected chi connectivity index (χ1v) is 10.0. The zero-order valence-electron chi connectivity index (χ0n) is 17.1. The molecule has 0 spiro atoms. The van der Waals surface area contributed by atoms with E-state index in [9.17, 15) is 14.4 Å². The monoisotopic (exact) mass is 393 g/mol. The van der Waals surface area contributed by atoms with Crippen LogP contribution in [0.15, 0.2) is 36.9 Å². The molecule has 1 aliphatic rings. The summed E-state index contributed by atoms with van der Waals surface area (Å²) in [4.78, 5) is 36.8. The first kappa shape index (κ1) is 20.8. The average molecular weight is 393 g/mol. The van der Waals surface area contributed by atoms with E-state index in [0.29, 0.717) is 17.7 Å². The number of hydrogen-bond acceptors (Lipinski definition) is 4. The molecule has 0 unspecified atom stereocenters. The van der Waals surface area contributed by atoms with E-state index >= 15 is 0 Å². The Hall–Kier alpha value is -2.95. The Balaban J connectivity index is 1.50. The second-order valence-corrected chi connectivity index (χ2v) is 7.53. The summed E-state index contributed by atoms with van der Waals surface area (Å²) >= 11 is 0. The molecular formula is C24H27NO4. The summed E-state index contributed by atoms with van der Waals surface area (Å²) in [5.41, 5.74) is 5.52. The Morgan fingerprint density at radius 1 is 1.07 bits per heavy atom. The molecule has 1 heterocycles. The Morgan fingerprint density at radius 2 is 1.83 bits per heavy atom. The minimum Gasteiger partial charge on any atom is -0.457 e. The zero-order chi connectivity index (χ0) is 21.0. The number of fused-ring (bicyclic) bond motifs is 1. The number of ether oxygens (including phenoxy) is 1. The first-order valence-electron chi connectivity index (χ1n) is 10.0. The van der Waals surface area contributed by atoms with Crippen LogP contribution < -0.4 is 0 Å². The molecule has 5 nitrogen and oxygen atoms in total. The molecule has 2 aromatic rings. The maximum absolute atomic E-state index is 12.4. The predicted octanol–water partition coefficient (Wildman–Crippen LogP) is 4.17.